The summed E-state index contributed by atoms with van der Waals surface area (Å²) in [5, 5.41) is 1.61. The Balaban J connectivity index is 1.14. The number of pyridine rings is 1. The number of carbonyl (C=O) groups is 1. The highest BCUT2D eigenvalue weighted by Crippen LogP contribution is 2.37. The first-order chi connectivity index (χ1) is 21.5. The largest absolute Gasteiger partial charge is 0.490 e. The zero-order valence-electron chi connectivity index (χ0n) is 25.5. The number of halogens is 2. The van der Waals surface area contributed by atoms with Crippen LogP contribution in [0.3, 0.4) is 0 Å². The van der Waals surface area contributed by atoms with Crippen molar-refractivity contribution in [3.8, 4) is 17.1 Å². The summed E-state index contributed by atoms with van der Waals surface area (Å²) < 4.78 is 29.9. The molecule has 1 fully saturated rings. The number of hydrogen-bond acceptors (Lipinski definition) is 7. The number of benzene rings is 2. The lowest BCUT2D eigenvalue weighted by Gasteiger charge is -2.33. The van der Waals surface area contributed by atoms with Crippen molar-refractivity contribution in [2.45, 2.75) is 52.2 Å². The van der Waals surface area contributed by atoms with Gasteiger partial charge in [0.05, 0.1) is 25.0 Å². The van der Waals surface area contributed by atoms with E-state index in [9.17, 15) is 14.0 Å². The van der Waals surface area contributed by atoms with Crippen molar-refractivity contribution in [1.29, 1.82) is 0 Å². The van der Waals surface area contributed by atoms with E-state index in [1.807, 2.05) is 70.2 Å². The molecule has 3 aromatic heterocycles. The molecule has 0 aliphatic carbocycles. The molecule has 0 N–H and O–H groups in total. The summed E-state index contributed by atoms with van der Waals surface area (Å²) in [6.45, 7) is 9.30. The molecule has 5 aromatic rings. The smallest absolute Gasteiger partial charge is 0.410 e. The molecule has 45 heavy (non-hydrogen) atoms. The standard InChI is InChI=1S/C34H34BrFN4O4S/c1-20(40-31(41)28(36)16-27-26-15-24(35)8-9-29(26)45-32(27)40)22-6-5-7-23(14-22)30-37-17-25(18-38-30)43-19-21-10-12-39(13-11-21)33(42)44-34(2,3)4/h5-9,14-18,20-21H,10-13,19H2,1-4H3. The van der Waals surface area contributed by atoms with Gasteiger partial charge in [-0.2, -0.15) is 0 Å². The van der Waals surface area contributed by atoms with E-state index in [1.165, 1.54) is 22.0 Å². The lowest BCUT2D eigenvalue weighted by Crippen LogP contribution is -2.42. The topological polar surface area (TPSA) is 86.5 Å². The van der Waals surface area contributed by atoms with E-state index in [-0.39, 0.29) is 6.09 Å². The number of thiophene rings is 1. The minimum absolute atomic E-state index is 0.269. The van der Waals surface area contributed by atoms with Crippen LogP contribution in [0.2, 0.25) is 0 Å². The highest BCUT2D eigenvalue weighted by atomic mass is 79.9. The summed E-state index contributed by atoms with van der Waals surface area (Å²) in [4.78, 5) is 37.0. The van der Waals surface area contributed by atoms with Gasteiger partial charge in [0.2, 0.25) is 0 Å². The third-order valence-corrected chi connectivity index (χ3v) is 9.66. The monoisotopic (exact) mass is 692 g/mol. The van der Waals surface area contributed by atoms with Crippen LogP contribution in [-0.2, 0) is 4.74 Å². The van der Waals surface area contributed by atoms with Gasteiger partial charge in [-0.15, -0.1) is 11.3 Å². The number of piperidine rings is 1. The van der Waals surface area contributed by atoms with Crippen LogP contribution < -0.4 is 10.3 Å². The molecule has 1 saturated heterocycles. The highest BCUT2D eigenvalue weighted by molar-refractivity contribution is 9.10. The molecular weight excluding hydrogens is 659 g/mol. The van der Waals surface area contributed by atoms with Gasteiger partial charge in [-0.05, 0) is 82.3 Å². The number of amides is 1. The normalized spacial score (nSPS) is 15.0. The lowest BCUT2D eigenvalue weighted by atomic mass is 9.98. The van der Waals surface area contributed by atoms with Crippen molar-refractivity contribution >= 4 is 53.7 Å². The van der Waals surface area contributed by atoms with Crippen LogP contribution in [0.4, 0.5) is 9.18 Å². The Morgan fingerprint density at radius 1 is 1.09 bits per heavy atom. The highest BCUT2D eigenvalue weighted by Gasteiger charge is 2.27. The van der Waals surface area contributed by atoms with Gasteiger partial charge < -0.3 is 14.4 Å². The minimum atomic E-state index is -0.780. The summed E-state index contributed by atoms with van der Waals surface area (Å²) in [5.41, 5.74) is 0.455. The number of aromatic nitrogens is 3. The van der Waals surface area contributed by atoms with Crippen molar-refractivity contribution < 1.29 is 18.7 Å². The average Bonchev–Trinajstić information content (AvgIpc) is 3.36. The van der Waals surface area contributed by atoms with Gasteiger partial charge in [0.1, 0.15) is 10.4 Å². The maximum atomic E-state index is 15.0. The number of fused-ring (bicyclic) bond motifs is 3. The van der Waals surface area contributed by atoms with Crippen LogP contribution in [0.1, 0.15) is 52.1 Å². The van der Waals surface area contributed by atoms with Crippen molar-refractivity contribution in [3.63, 3.8) is 0 Å². The van der Waals surface area contributed by atoms with Crippen LogP contribution in [0.5, 0.6) is 5.75 Å². The second kappa shape index (κ2) is 12.5. The van der Waals surface area contributed by atoms with Crippen LogP contribution in [0.15, 0.2) is 70.2 Å². The molecule has 0 saturated carbocycles. The van der Waals surface area contributed by atoms with Gasteiger partial charge in [0.25, 0.3) is 5.56 Å². The molecule has 4 heterocycles. The van der Waals surface area contributed by atoms with Gasteiger partial charge in [0.15, 0.2) is 17.4 Å². The van der Waals surface area contributed by atoms with Crippen molar-refractivity contribution in [2.24, 2.45) is 5.92 Å². The van der Waals surface area contributed by atoms with Gasteiger partial charge in [-0.25, -0.2) is 19.2 Å². The summed E-state index contributed by atoms with van der Waals surface area (Å²) in [7, 11) is 0. The zero-order valence-corrected chi connectivity index (χ0v) is 28.0. The Bertz CT molecular complexity index is 1930. The molecule has 1 unspecified atom stereocenters. The van der Waals surface area contributed by atoms with E-state index in [2.05, 4.69) is 25.9 Å². The maximum absolute atomic E-state index is 15.0. The van der Waals surface area contributed by atoms with Crippen LogP contribution >= 0.6 is 27.3 Å². The fourth-order valence-corrected chi connectivity index (χ4v) is 7.19. The summed E-state index contributed by atoms with van der Waals surface area (Å²) in [6.07, 6.45) is 4.72. The molecule has 2 aromatic carbocycles. The lowest BCUT2D eigenvalue weighted by molar-refractivity contribution is 0.0165. The number of ether oxygens (including phenoxy) is 2. The molecular formula is C34H34BrFN4O4S. The summed E-state index contributed by atoms with van der Waals surface area (Å²) in [5.74, 6) is 0.632. The Morgan fingerprint density at radius 2 is 1.82 bits per heavy atom. The molecule has 8 nitrogen and oxygen atoms in total. The van der Waals surface area contributed by atoms with Gasteiger partial charge >= 0.3 is 6.09 Å². The molecule has 1 aliphatic rings. The first-order valence-corrected chi connectivity index (χ1v) is 16.5. The number of likely N-dealkylation sites (tertiary alicyclic amines) is 1. The second-order valence-corrected chi connectivity index (χ2v) is 14.3. The first-order valence-electron chi connectivity index (χ1n) is 14.9. The summed E-state index contributed by atoms with van der Waals surface area (Å²) in [6, 6.07) is 14.4. The Kier molecular flexibility index (Phi) is 8.67. The number of nitrogens with zero attached hydrogens (tertiary/aromatic N) is 4. The minimum Gasteiger partial charge on any atom is -0.490 e. The Morgan fingerprint density at radius 3 is 2.53 bits per heavy atom. The van der Waals surface area contributed by atoms with Crippen LogP contribution in [0, 0.1) is 11.7 Å². The van der Waals surface area contributed by atoms with Crippen LogP contribution in [0.25, 0.3) is 31.7 Å². The van der Waals surface area contributed by atoms with Crippen LogP contribution in [-0.4, -0.2) is 50.8 Å². The predicted octanol–water partition coefficient (Wildman–Crippen LogP) is 8.21. The Hall–Kier alpha value is -3.83. The fraction of sp³-hybridized carbons (Fsp3) is 0.353. The third kappa shape index (κ3) is 6.74. The molecule has 11 heteroatoms. The first kappa shape index (κ1) is 31.2. The third-order valence-electron chi connectivity index (χ3n) is 7.98. The second-order valence-electron chi connectivity index (χ2n) is 12.4. The molecule has 0 bridgehead atoms. The summed E-state index contributed by atoms with van der Waals surface area (Å²) >= 11 is 4.98. The Labute approximate surface area is 272 Å². The molecule has 0 spiro atoms. The molecule has 6 rings (SSSR count). The quantitative estimate of drug-likeness (QED) is 0.178. The molecule has 234 valence electrons. The molecule has 0 radical (unpaired) electrons. The van der Waals surface area contributed by atoms with Crippen molar-refractivity contribution in [2.75, 3.05) is 19.7 Å². The maximum Gasteiger partial charge on any atom is 0.410 e. The van der Waals surface area contributed by atoms with Gasteiger partial charge in [-0.3, -0.25) is 9.36 Å². The van der Waals surface area contributed by atoms with E-state index in [4.69, 9.17) is 9.47 Å². The molecule has 1 atom stereocenters. The van der Waals surface area contributed by atoms with E-state index < -0.39 is 23.0 Å². The number of hydrogen-bond donors (Lipinski definition) is 0. The number of carbonyl (C=O) groups excluding carboxylic acids is 1. The zero-order chi connectivity index (χ0) is 31.9. The molecule has 1 aliphatic heterocycles. The predicted molar refractivity (Wildman–Crippen MR) is 179 cm³/mol. The van der Waals surface area contributed by atoms with E-state index in [0.29, 0.717) is 42.6 Å². The number of rotatable bonds is 6. The SMILES string of the molecule is CC(c1cccc(-c2ncc(OCC3CCN(C(=O)OC(C)(C)C)CC3)cn2)c1)n1c(=O)c(F)cc2c3cc(Br)ccc3sc21. The fourth-order valence-electron chi connectivity index (χ4n) is 5.59. The van der Waals surface area contributed by atoms with Crippen molar-refractivity contribution in [1.82, 2.24) is 19.4 Å². The van der Waals surface area contributed by atoms with E-state index in [1.54, 1.807) is 17.3 Å². The van der Waals surface area contributed by atoms with E-state index >= 15 is 0 Å². The van der Waals surface area contributed by atoms with Gasteiger partial charge in [0, 0.05) is 38.6 Å². The molecule has 1 amide bonds. The van der Waals surface area contributed by atoms with Gasteiger partial charge in [-0.1, -0.05) is 34.1 Å². The average molecular weight is 694 g/mol. The van der Waals surface area contributed by atoms with E-state index in [0.717, 1.165) is 43.4 Å². The van der Waals surface area contributed by atoms with Crippen molar-refractivity contribution in [3.05, 3.63) is 87.1 Å².